The molecule has 0 saturated heterocycles. The molecule has 5 heteroatoms. The van der Waals surface area contributed by atoms with Gasteiger partial charge in [0.05, 0.1) is 5.70 Å². The van der Waals surface area contributed by atoms with Gasteiger partial charge in [0.1, 0.15) is 0 Å². The quantitative estimate of drug-likeness (QED) is 0.888. The first-order chi connectivity index (χ1) is 9.37. The van der Waals surface area contributed by atoms with Crippen LogP contribution in [0.15, 0.2) is 48.5 Å². The predicted octanol–water partition coefficient (Wildman–Crippen LogP) is 3.88. The van der Waals surface area contributed by atoms with Gasteiger partial charge in [-0.25, -0.2) is 0 Å². The fourth-order valence-corrected chi connectivity index (χ4v) is 1.99. The van der Waals surface area contributed by atoms with E-state index in [-0.39, 0.29) is 11.8 Å². The Hall–Kier alpha value is -2.30. The van der Waals surface area contributed by atoms with Gasteiger partial charge in [0, 0.05) is 18.6 Å². The van der Waals surface area contributed by atoms with Crippen molar-refractivity contribution in [2.75, 3.05) is 0 Å². The molecule has 0 saturated carbocycles. The Morgan fingerprint density at radius 1 is 1.10 bits per heavy atom. The fraction of sp³-hybridized carbons (Fsp3) is 0.133. The van der Waals surface area contributed by atoms with Gasteiger partial charge in [0.2, 0.25) is 5.91 Å². The summed E-state index contributed by atoms with van der Waals surface area (Å²) in [5.74, 6) is -0.548. The third-order valence-electron chi connectivity index (χ3n) is 2.70. The number of halogens is 3. The van der Waals surface area contributed by atoms with Crippen molar-refractivity contribution in [2.45, 2.75) is 13.1 Å². The van der Waals surface area contributed by atoms with Crippen LogP contribution in [0.5, 0.6) is 0 Å². The lowest BCUT2D eigenvalue weighted by atomic mass is 10.0. The van der Waals surface area contributed by atoms with Crippen molar-refractivity contribution in [3.8, 4) is 0 Å². The van der Waals surface area contributed by atoms with Crippen molar-refractivity contribution in [3.63, 3.8) is 0 Å². The van der Waals surface area contributed by atoms with Gasteiger partial charge in [-0.3, -0.25) is 4.79 Å². The summed E-state index contributed by atoms with van der Waals surface area (Å²) in [7, 11) is 0. The van der Waals surface area contributed by atoms with Crippen molar-refractivity contribution in [2.24, 2.45) is 0 Å². The average Bonchev–Trinajstić information content (AvgIpc) is 2.35. The highest BCUT2D eigenvalue weighted by Crippen LogP contribution is 2.27. The van der Waals surface area contributed by atoms with E-state index in [0.717, 1.165) is 5.39 Å². The molecule has 2 aromatic rings. The summed E-state index contributed by atoms with van der Waals surface area (Å²) in [6.45, 7) is 1.18. The van der Waals surface area contributed by atoms with Crippen molar-refractivity contribution >= 4 is 22.4 Å². The Kier molecular flexibility index (Phi) is 3.79. The van der Waals surface area contributed by atoms with E-state index in [4.69, 9.17) is 0 Å². The molecule has 2 nitrogen and oxygen atoms in total. The molecule has 2 rings (SSSR count). The van der Waals surface area contributed by atoms with E-state index in [1.165, 1.54) is 6.92 Å². The Morgan fingerprint density at radius 2 is 1.75 bits per heavy atom. The van der Waals surface area contributed by atoms with Gasteiger partial charge in [0.15, 0.2) is 0 Å². The van der Waals surface area contributed by atoms with Gasteiger partial charge in [-0.1, -0.05) is 42.5 Å². The summed E-state index contributed by atoms with van der Waals surface area (Å²) in [5, 5.41) is 3.71. The van der Waals surface area contributed by atoms with Crippen LogP contribution >= 0.6 is 0 Å². The Morgan fingerprint density at radius 3 is 2.40 bits per heavy atom. The number of hydrogen-bond acceptors (Lipinski definition) is 1. The topological polar surface area (TPSA) is 29.1 Å². The fourth-order valence-electron chi connectivity index (χ4n) is 1.99. The number of hydrogen-bond donors (Lipinski definition) is 1. The number of amides is 1. The second-order valence-electron chi connectivity index (χ2n) is 4.31. The van der Waals surface area contributed by atoms with E-state index in [0.29, 0.717) is 10.9 Å². The highest BCUT2D eigenvalue weighted by atomic mass is 19.4. The summed E-state index contributed by atoms with van der Waals surface area (Å²) in [4.78, 5) is 11.1. The molecule has 2 aromatic carbocycles. The molecule has 20 heavy (non-hydrogen) atoms. The Labute approximate surface area is 113 Å². The lowest BCUT2D eigenvalue weighted by molar-refractivity contribution is -0.117. The molecular weight excluding hydrogens is 267 g/mol. The molecule has 0 aromatic heterocycles. The molecule has 0 bridgehead atoms. The summed E-state index contributed by atoms with van der Waals surface area (Å²) in [6.07, 6.45) is -4.40. The second kappa shape index (κ2) is 5.36. The molecule has 0 aliphatic carbocycles. The first-order valence-electron chi connectivity index (χ1n) is 5.92. The maximum atomic E-state index is 12.6. The minimum absolute atomic E-state index is 0.107. The Bertz CT molecular complexity index is 669. The van der Waals surface area contributed by atoms with Crippen LogP contribution in [0.25, 0.3) is 16.5 Å². The normalized spacial score (nSPS) is 12.5. The standard InChI is InChI=1S/C15H12F3NO/c1-10(20)19-14(9-15(16,17)18)13-8-4-6-11-5-2-3-7-12(11)13/h2-9H,1H3,(H,19,20)/b14-9+. The average molecular weight is 279 g/mol. The lowest BCUT2D eigenvalue weighted by Crippen LogP contribution is -2.20. The lowest BCUT2D eigenvalue weighted by Gasteiger charge is -2.13. The minimum Gasteiger partial charge on any atom is -0.326 e. The van der Waals surface area contributed by atoms with Crippen LogP contribution in [0.3, 0.4) is 0 Å². The first-order valence-corrected chi connectivity index (χ1v) is 5.92. The largest absolute Gasteiger partial charge is 0.411 e. The number of nitrogens with one attached hydrogen (secondary N) is 1. The first kappa shape index (κ1) is 14.1. The minimum atomic E-state index is -4.51. The van der Waals surface area contributed by atoms with Crippen molar-refractivity contribution in [3.05, 3.63) is 54.1 Å². The molecule has 0 aliphatic heterocycles. The van der Waals surface area contributed by atoms with Gasteiger partial charge >= 0.3 is 6.18 Å². The molecule has 1 N–H and O–H groups in total. The monoisotopic (exact) mass is 279 g/mol. The summed E-state index contributed by atoms with van der Waals surface area (Å²) < 4.78 is 37.8. The number of fused-ring (bicyclic) bond motifs is 1. The van der Waals surface area contributed by atoms with Gasteiger partial charge in [-0.2, -0.15) is 13.2 Å². The molecule has 0 radical (unpaired) electrons. The number of alkyl halides is 3. The smallest absolute Gasteiger partial charge is 0.326 e. The van der Waals surface area contributed by atoms with Crippen LogP contribution < -0.4 is 5.32 Å². The zero-order chi connectivity index (χ0) is 14.8. The van der Waals surface area contributed by atoms with E-state index in [1.807, 2.05) is 0 Å². The van der Waals surface area contributed by atoms with Crippen LogP contribution in [-0.4, -0.2) is 12.1 Å². The van der Waals surface area contributed by atoms with Crippen LogP contribution in [0.2, 0.25) is 0 Å². The summed E-state index contributed by atoms with van der Waals surface area (Å²) in [6, 6.07) is 12.1. The number of rotatable bonds is 2. The summed E-state index contributed by atoms with van der Waals surface area (Å²) >= 11 is 0. The number of carbonyl (C=O) groups excluding carboxylic acids is 1. The molecule has 0 unspecified atom stereocenters. The molecule has 0 fully saturated rings. The van der Waals surface area contributed by atoms with Crippen molar-refractivity contribution in [1.29, 1.82) is 0 Å². The van der Waals surface area contributed by atoms with E-state index in [2.05, 4.69) is 5.32 Å². The summed E-state index contributed by atoms with van der Waals surface area (Å²) in [5.41, 5.74) is 0.0948. The van der Waals surface area contributed by atoms with Crippen molar-refractivity contribution < 1.29 is 18.0 Å². The van der Waals surface area contributed by atoms with Gasteiger partial charge in [0.25, 0.3) is 0 Å². The highest BCUT2D eigenvalue weighted by Gasteiger charge is 2.26. The second-order valence-corrected chi connectivity index (χ2v) is 4.31. The van der Waals surface area contributed by atoms with Crippen molar-refractivity contribution in [1.82, 2.24) is 5.32 Å². The molecule has 0 aliphatic rings. The Balaban J connectivity index is 2.63. The molecule has 0 heterocycles. The molecular formula is C15H12F3NO. The van der Waals surface area contributed by atoms with Gasteiger partial charge in [-0.15, -0.1) is 0 Å². The van der Waals surface area contributed by atoms with E-state index in [1.54, 1.807) is 42.5 Å². The zero-order valence-electron chi connectivity index (χ0n) is 10.7. The van der Waals surface area contributed by atoms with Crippen LogP contribution in [0.4, 0.5) is 13.2 Å². The molecule has 0 spiro atoms. The number of benzene rings is 2. The maximum absolute atomic E-state index is 12.6. The zero-order valence-corrected chi connectivity index (χ0v) is 10.7. The maximum Gasteiger partial charge on any atom is 0.411 e. The third kappa shape index (κ3) is 3.38. The van der Waals surface area contributed by atoms with Crippen LogP contribution in [0, 0.1) is 0 Å². The number of carbonyl (C=O) groups is 1. The number of allylic oxidation sites excluding steroid dienone is 1. The van der Waals surface area contributed by atoms with Crippen LogP contribution in [-0.2, 0) is 4.79 Å². The van der Waals surface area contributed by atoms with E-state index < -0.39 is 12.1 Å². The predicted molar refractivity (Wildman–Crippen MR) is 71.8 cm³/mol. The van der Waals surface area contributed by atoms with E-state index in [9.17, 15) is 18.0 Å². The highest BCUT2D eigenvalue weighted by molar-refractivity contribution is 5.96. The van der Waals surface area contributed by atoms with Gasteiger partial charge in [-0.05, 0) is 10.8 Å². The molecule has 1 amide bonds. The van der Waals surface area contributed by atoms with E-state index >= 15 is 0 Å². The molecule has 104 valence electrons. The van der Waals surface area contributed by atoms with Gasteiger partial charge < -0.3 is 5.32 Å². The van der Waals surface area contributed by atoms with Crippen LogP contribution in [0.1, 0.15) is 12.5 Å². The third-order valence-corrected chi connectivity index (χ3v) is 2.70. The molecule has 0 atom stereocenters. The SMILES string of the molecule is CC(=O)N/C(=C/C(F)(F)F)c1cccc2ccccc12.